The topological polar surface area (TPSA) is 37.4 Å². The molecule has 1 aliphatic heterocycles. The van der Waals surface area contributed by atoms with E-state index in [1.165, 1.54) is 6.42 Å². The summed E-state index contributed by atoms with van der Waals surface area (Å²) in [6.45, 7) is 3.72. The van der Waals surface area contributed by atoms with Crippen molar-refractivity contribution in [2.24, 2.45) is 5.92 Å². The Morgan fingerprint density at radius 3 is 2.58 bits per heavy atom. The van der Waals surface area contributed by atoms with Gasteiger partial charge < -0.3 is 4.90 Å². The maximum Gasteiger partial charge on any atom is 0.178 e. The van der Waals surface area contributed by atoms with Gasteiger partial charge in [-0.2, -0.15) is 0 Å². The molecule has 1 fully saturated rings. The van der Waals surface area contributed by atoms with Gasteiger partial charge in [0.05, 0.1) is 10.6 Å². The average molecular weight is 302 g/mol. The number of nitrogens with zero attached hydrogens (tertiary/aromatic N) is 1. The van der Waals surface area contributed by atoms with Gasteiger partial charge in [-0.05, 0) is 43.0 Å². The van der Waals surface area contributed by atoms with Gasteiger partial charge in [0.15, 0.2) is 9.84 Å². The van der Waals surface area contributed by atoms with Crippen LogP contribution in [0.5, 0.6) is 0 Å². The van der Waals surface area contributed by atoms with E-state index in [0.29, 0.717) is 16.7 Å². The summed E-state index contributed by atoms with van der Waals surface area (Å²) in [6, 6.07) is 7.24. The lowest BCUT2D eigenvalue weighted by Crippen LogP contribution is -2.19. The van der Waals surface area contributed by atoms with Crippen molar-refractivity contribution in [1.82, 2.24) is 0 Å². The molecule has 19 heavy (non-hydrogen) atoms. The van der Waals surface area contributed by atoms with E-state index in [2.05, 4.69) is 4.90 Å². The summed E-state index contributed by atoms with van der Waals surface area (Å²) in [5.41, 5.74) is 1.10. The third-order valence-electron chi connectivity index (χ3n) is 3.74. The first kappa shape index (κ1) is 14.7. The lowest BCUT2D eigenvalue weighted by molar-refractivity contribution is 0.572. The van der Waals surface area contributed by atoms with Gasteiger partial charge in [-0.15, -0.1) is 11.6 Å². The number of halogens is 1. The number of hydrogen-bond donors (Lipinski definition) is 0. The van der Waals surface area contributed by atoms with E-state index < -0.39 is 9.84 Å². The number of benzene rings is 1. The Morgan fingerprint density at radius 1 is 1.32 bits per heavy atom. The molecule has 0 aliphatic carbocycles. The first-order valence-corrected chi connectivity index (χ1v) is 8.89. The zero-order valence-electron chi connectivity index (χ0n) is 11.2. The fourth-order valence-electron chi connectivity index (χ4n) is 2.49. The summed E-state index contributed by atoms with van der Waals surface area (Å²) in [5.74, 6) is 1.52. The van der Waals surface area contributed by atoms with Crippen molar-refractivity contribution in [3.8, 4) is 0 Å². The molecule has 3 nitrogen and oxygen atoms in total. The van der Waals surface area contributed by atoms with Crippen LogP contribution in [-0.4, -0.2) is 33.1 Å². The van der Waals surface area contributed by atoms with Gasteiger partial charge in [0.2, 0.25) is 0 Å². The number of rotatable bonds is 5. The molecule has 0 radical (unpaired) electrons. The number of sulfone groups is 1. The van der Waals surface area contributed by atoms with Crippen LogP contribution in [0.4, 0.5) is 5.69 Å². The smallest absolute Gasteiger partial charge is 0.178 e. The minimum Gasteiger partial charge on any atom is -0.371 e. The molecule has 0 amide bonds. The maximum absolute atomic E-state index is 11.7. The van der Waals surface area contributed by atoms with Gasteiger partial charge >= 0.3 is 0 Å². The van der Waals surface area contributed by atoms with Crippen molar-refractivity contribution in [1.29, 1.82) is 0 Å². The second-order valence-corrected chi connectivity index (χ2v) is 7.63. The van der Waals surface area contributed by atoms with Crippen LogP contribution in [0, 0.1) is 5.92 Å². The monoisotopic (exact) mass is 301 g/mol. The number of alkyl halides is 1. The highest BCUT2D eigenvalue weighted by Crippen LogP contribution is 2.27. The normalized spacial score (nSPS) is 19.9. The summed E-state index contributed by atoms with van der Waals surface area (Å²) in [6.07, 6.45) is 2.22. The Morgan fingerprint density at radius 2 is 2.00 bits per heavy atom. The third kappa shape index (κ3) is 3.42. The van der Waals surface area contributed by atoms with E-state index in [-0.39, 0.29) is 5.75 Å². The first-order chi connectivity index (χ1) is 9.06. The minimum atomic E-state index is -3.09. The van der Waals surface area contributed by atoms with Crippen LogP contribution in [-0.2, 0) is 9.84 Å². The molecule has 1 aliphatic rings. The van der Waals surface area contributed by atoms with Crippen LogP contribution in [0.1, 0.15) is 19.8 Å². The molecular formula is C14H20ClNO2S. The standard InChI is InChI=1S/C14H20ClNO2S/c1-2-19(17,18)14-5-3-13(4-6-14)16-10-8-12(11-16)7-9-15/h3-6,12H,2,7-11H2,1H3. The van der Waals surface area contributed by atoms with Gasteiger partial charge in [0, 0.05) is 24.7 Å². The van der Waals surface area contributed by atoms with Gasteiger partial charge in [-0.25, -0.2) is 8.42 Å². The molecule has 0 N–H and O–H groups in total. The van der Waals surface area contributed by atoms with E-state index in [1.807, 2.05) is 12.1 Å². The fourth-order valence-corrected chi connectivity index (χ4v) is 3.68. The molecule has 1 aromatic carbocycles. The fraction of sp³-hybridized carbons (Fsp3) is 0.571. The van der Waals surface area contributed by atoms with Crippen LogP contribution in [0.25, 0.3) is 0 Å². The predicted molar refractivity (Wildman–Crippen MR) is 79.8 cm³/mol. The molecule has 1 heterocycles. The highest BCUT2D eigenvalue weighted by atomic mass is 35.5. The molecular weight excluding hydrogens is 282 g/mol. The molecule has 0 aromatic heterocycles. The van der Waals surface area contributed by atoms with E-state index in [1.54, 1.807) is 19.1 Å². The summed E-state index contributed by atoms with van der Waals surface area (Å²) in [4.78, 5) is 2.72. The molecule has 5 heteroatoms. The Labute approximate surface area is 120 Å². The van der Waals surface area contributed by atoms with Crippen LogP contribution >= 0.6 is 11.6 Å². The summed E-state index contributed by atoms with van der Waals surface area (Å²) in [7, 11) is -3.09. The molecule has 2 rings (SSSR count). The highest BCUT2D eigenvalue weighted by molar-refractivity contribution is 7.91. The number of hydrogen-bond acceptors (Lipinski definition) is 3. The van der Waals surface area contributed by atoms with Crippen molar-refractivity contribution in [3.05, 3.63) is 24.3 Å². The SMILES string of the molecule is CCS(=O)(=O)c1ccc(N2CCC(CCCl)C2)cc1. The van der Waals surface area contributed by atoms with Crippen LogP contribution in [0.2, 0.25) is 0 Å². The Balaban J connectivity index is 2.08. The minimum absolute atomic E-state index is 0.147. The second-order valence-electron chi connectivity index (χ2n) is 4.98. The molecule has 106 valence electrons. The highest BCUT2D eigenvalue weighted by Gasteiger charge is 2.22. The van der Waals surface area contributed by atoms with E-state index in [9.17, 15) is 8.42 Å². The van der Waals surface area contributed by atoms with E-state index >= 15 is 0 Å². The van der Waals surface area contributed by atoms with Crippen molar-refractivity contribution in [2.45, 2.75) is 24.7 Å². The van der Waals surface area contributed by atoms with Gasteiger partial charge in [0.25, 0.3) is 0 Å². The van der Waals surface area contributed by atoms with Crippen LogP contribution in [0.3, 0.4) is 0 Å². The van der Waals surface area contributed by atoms with E-state index in [0.717, 1.165) is 25.2 Å². The molecule has 0 bridgehead atoms. The zero-order valence-corrected chi connectivity index (χ0v) is 12.8. The van der Waals surface area contributed by atoms with Crippen LogP contribution < -0.4 is 4.90 Å². The summed E-state index contributed by atoms with van der Waals surface area (Å²) < 4.78 is 23.5. The molecule has 1 saturated heterocycles. The second kappa shape index (κ2) is 6.14. The maximum atomic E-state index is 11.7. The van der Waals surface area contributed by atoms with Crippen molar-refractivity contribution < 1.29 is 8.42 Å². The Kier molecular flexibility index (Phi) is 4.74. The van der Waals surface area contributed by atoms with Crippen LogP contribution in [0.15, 0.2) is 29.2 Å². The Hall–Kier alpha value is -0.740. The molecule has 1 atom stereocenters. The van der Waals surface area contributed by atoms with Gasteiger partial charge in [0.1, 0.15) is 0 Å². The van der Waals surface area contributed by atoms with Gasteiger partial charge in [-0.3, -0.25) is 0 Å². The molecule has 0 saturated carbocycles. The quantitative estimate of drug-likeness (QED) is 0.785. The summed E-state index contributed by atoms with van der Waals surface area (Å²) in [5, 5.41) is 0. The largest absolute Gasteiger partial charge is 0.371 e. The average Bonchev–Trinajstić information content (AvgIpc) is 2.88. The zero-order chi connectivity index (χ0) is 13.9. The summed E-state index contributed by atoms with van der Waals surface area (Å²) >= 11 is 5.78. The lowest BCUT2D eigenvalue weighted by atomic mass is 10.1. The van der Waals surface area contributed by atoms with Crippen molar-refractivity contribution in [3.63, 3.8) is 0 Å². The Bertz CT molecular complexity index is 513. The van der Waals surface area contributed by atoms with E-state index in [4.69, 9.17) is 11.6 Å². The number of anilines is 1. The lowest BCUT2D eigenvalue weighted by Gasteiger charge is -2.19. The molecule has 0 spiro atoms. The van der Waals surface area contributed by atoms with Crippen molar-refractivity contribution >= 4 is 27.1 Å². The predicted octanol–water partition coefficient (Wildman–Crippen LogP) is 2.94. The first-order valence-electron chi connectivity index (χ1n) is 6.70. The van der Waals surface area contributed by atoms with Gasteiger partial charge in [-0.1, -0.05) is 6.92 Å². The molecule has 1 unspecified atom stereocenters. The third-order valence-corrected chi connectivity index (χ3v) is 5.71. The van der Waals surface area contributed by atoms with Crippen molar-refractivity contribution in [2.75, 3.05) is 29.6 Å². The molecule has 1 aromatic rings.